The first-order valence-corrected chi connectivity index (χ1v) is 5.39. The van der Waals surface area contributed by atoms with Crippen LogP contribution in [0.2, 0.25) is 5.02 Å². The van der Waals surface area contributed by atoms with E-state index in [-0.39, 0.29) is 17.3 Å². The van der Waals surface area contributed by atoms with Gasteiger partial charge in [-0.1, -0.05) is 11.6 Å². The highest BCUT2D eigenvalue weighted by molar-refractivity contribution is 6.32. The molecule has 0 aliphatic heterocycles. The zero-order valence-corrected chi connectivity index (χ0v) is 9.83. The quantitative estimate of drug-likeness (QED) is 0.916. The average molecular weight is 276 g/mol. The van der Waals surface area contributed by atoms with Crippen molar-refractivity contribution in [2.24, 2.45) is 5.73 Å². The molecule has 0 radical (unpaired) electrons. The number of aromatic nitrogens is 2. The SMILES string of the molecule is NCc1cncn1-c1cc(C(F)(F)F)ccc1Cl. The van der Waals surface area contributed by atoms with Crippen LogP contribution >= 0.6 is 11.6 Å². The van der Waals surface area contributed by atoms with Gasteiger partial charge in [0, 0.05) is 12.7 Å². The molecular weight excluding hydrogens is 267 g/mol. The van der Waals surface area contributed by atoms with Crippen molar-refractivity contribution in [3.05, 3.63) is 47.0 Å². The molecule has 0 spiro atoms. The van der Waals surface area contributed by atoms with Gasteiger partial charge in [-0.3, -0.25) is 0 Å². The van der Waals surface area contributed by atoms with Gasteiger partial charge in [0.25, 0.3) is 0 Å². The highest BCUT2D eigenvalue weighted by Gasteiger charge is 2.31. The van der Waals surface area contributed by atoms with Gasteiger partial charge in [0.2, 0.25) is 0 Å². The minimum Gasteiger partial charge on any atom is -0.325 e. The van der Waals surface area contributed by atoms with Crippen LogP contribution in [0.25, 0.3) is 5.69 Å². The Morgan fingerprint density at radius 2 is 2.06 bits per heavy atom. The standard InChI is InChI=1S/C11H9ClF3N3/c12-9-2-1-7(11(13,14)15)3-10(9)18-6-17-5-8(18)4-16/h1-3,5-6H,4,16H2. The van der Waals surface area contributed by atoms with Crippen molar-refractivity contribution in [2.75, 3.05) is 0 Å². The summed E-state index contributed by atoms with van der Waals surface area (Å²) >= 11 is 5.91. The van der Waals surface area contributed by atoms with Crippen molar-refractivity contribution in [2.45, 2.75) is 12.7 Å². The lowest BCUT2D eigenvalue weighted by Gasteiger charge is -2.12. The van der Waals surface area contributed by atoms with E-state index < -0.39 is 11.7 Å². The third-order valence-electron chi connectivity index (χ3n) is 2.46. The molecule has 0 unspecified atom stereocenters. The number of rotatable bonds is 2. The van der Waals surface area contributed by atoms with Crippen LogP contribution in [0.15, 0.2) is 30.7 Å². The molecule has 0 aliphatic carbocycles. The van der Waals surface area contributed by atoms with Gasteiger partial charge in [-0.05, 0) is 18.2 Å². The van der Waals surface area contributed by atoms with Crippen LogP contribution in [-0.2, 0) is 12.7 Å². The molecule has 0 atom stereocenters. The highest BCUT2D eigenvalue weighted by atomic mass is 35.5. The summed E-state index contributed by atoms with van der Waals surface area (Å²) in [5.41, 5.74) is 5.51. The van der Waals surface area contributed by atoms with Gasteiger partial charge >= 0.3 is 6.18 Å². The molecule has 1 aromatic heterocycles. The summed E-state index contributed by atoms with van der Waals surface area (Å²) in [6.07, 6.45) is -1.55. The molecule has 2 aromatic rings. The van der Waals surface area contributed by atoms with E-state index in [1.807, 2.05) is 0 Å². The van der Waals surface area contributed by atoms with Crippen molar-refractivity contribution >= 4 is 11.6 Å². The molecule has 0 saturated carbocycles. The molecule has 0 saturated heterocycles. The second-order valence-electron chi connectivity index (χ2n) is 3.62. The topological polar surface area (TPSA) is 43.8 Å². The Hall–Kier alpha value is -1.53. The molecule has 2 rings (SSSR count). The Labute approximate surface area is 106 Å². The highest BCUT2D eigenvalue weighted by Crippen LogP contribution is 2.33. The first-order chi connectivity index (χ1) is 8.43. The molecule has 2 N–H and O–H groups in total. The van der Waals surface area contributed by atoms with Gasteiger partial charge < -0.3 is 10.3 Å². The Kier molecular flexibility index (Phi) is 3.32. The third-order valence-corrected chi connectivity index (χ3v) is 2.78. The number of nitrogens with two attached hydrogens (primary N) is 1. The number of nitrogens with zero attached hydrogens (tertiary/aromatic N) is 2. The van der Waals surface area contributed by atoms with E-state index in [4.69, 9.17) is 17.3 Å². The largest absolute Gasteiger partial charge is 0.416 e. The number of alkyl halides is 3. The molecule has 1 aromatic carbocycles. The zero-order chi connectivity index (χ0) is 13.3. The number of hydrogen-bond donors (Lipinski definition) is 1. The summed E-state index contributed by atoms with van der Waals surface area (Å²) in [6, 6.07) is 3.12. The molecule has 18 heavy (non-hydrogen) atoms. The van der Waals surface area contributed by atoms with Crippen LogP contribution in [0.4, 0.5) is 13.2 Å². The summed E-state index contributed by atoms with van der Waals surface area (Å²) in [5.74, 6) is 0. The van der Waals surface area contributed by atoms with E-state index in [1.165, 1.54) is 23.2 Å². The second kappa shape index (κ2) is 4.62. The maximum Gasteiger partial charge on any atom is 0.416 e. The number of hydrogen-bond acceptors (Lipinski definition) is 2. The molecule has 3 nitrogen and oxygen atoms in total. The normalized spacial score (nSPS) is 11.8. The Morgan fingerprint density at radius 1 is 1.33 bits per heavy atom. The van der Waals surface area contributed by atoms with E-state index in [0.29, 0.717) is 5.69 Å². The van der Waals surface area contributed by atoms with Crippen LogP contribution in [0, 0.1) is 0 Å². The van der Waals surface area contributed by atoms with Crippen LogP contribution in [-0.4, -0.2) is 9.55 Å². The van der Waals surface area contributed by atoms with Gasteiger partial charge in [0.1, 0.15) is 0 Å². The molecule has 0 fully saturated rings. The maximum absolute atomic E-state index is 12.6. The van der Waals surface area contributed by atoms with Crippen LogP contribution in [0.5, 0.6) is 0 Å². The third kappa shape index (κ3) is 2.34. The molecule has 7 heteroatoms. The summed E-state index contributed by atoms with van der Waals surface area (Å²) in [5, 5.41) is 0.204. The minimum atomic E-state index is -4.41. The van der Waals surface area contributed by atoms with E-state index in [0.717, 1.165) is 12.1 Å². The fourth-order valence-electron chi connectivity index (χ4n) is 1.56. The Balaban J connectivity index is 2.57. The van der Waals surface area contributed by atoms with Crippen molar-refractivity contribution in [3.63, 3.8) is 0 Å². The van der Waals surface area contributed by atoms with Gasteiger partial charge in [0.15, 0.2) is 0 Å². The van der Waals surface area contributed by atoms with Crippen LogP contribution in [0.3, 0.4) is 0 Å². The lowest BCUT2D eigenvalue weighted by atomic mass is 10.2. The fraction of sp³-hybridized carbons (Fsp3) is 0.182. The Morgan fingerprint density at radius 3 is 2.67 bits per heavy atom. The van der Waals surface area contributed by atoms with Gasteiger partial charge in [-0.2, -0.15) is 13.2 Å². The lowest BCUT2D eigenvalue weighted by Crippen LogP contribution is -2.09. The van der Waals surface area contributed by atoms with Gasteiger partial charge in [-0.25, -0.2) is 4.98 Å². The summed E-state index contributed by atoms with van der Waals surface area (Å²) in [6.45, 7) is 0.159. The number of benzene rings is 1. The van der Waals surface area contributed by atoms with Crippen molar-refractivity contribution in [1.82, 2.24) is 9.55 Å². The molecule has 1 heterocycles. The van der Waals surface area contributed by atoms with E-state index >= 15 is 0 Å². The number of halogens is 4. The van der Waals surface area contributed by atoms with Gasteiger partial charge in [-0.15, -0.1) is 0 Å². The second-order valence-corrected chi connectivity index (χ2v) is 4.03. The molecular formula is C11H9ClF3N3. The molecule has 0 aliphatic rings. The smallest absolute Gasteiger partial charge is 0.325 e. The van der Waals surface area contributed by atoms with E-state index in [2.05, 4.69) is 4.98 Å². The molecule has 0 bridgehead atoms. The summed E-state index contributed by atoms with van der Waals surface area (Å²) in [7, 11) is 0. The monoisotopic (exact) mass is 275 g/mol. The van der Waals surface area contributed by atoms with Crippen LogP contribution < -0.4 is 5.73 Å². The fourth-order valence-corrected chi connectivity index (χ4v) is 1.77. The van der Waals surface area contributed by atoms with Crippen molar-refractivity contribution in [1.29, 1.82) is 0 Å². The van der Waals surface area contributed by atoms with E-state index in [1.54, 1.807) is 0 Å². The lowest BCUT2D eigenvalue weighted by molar-refractivity contribution is -0.137. The van der Waals surface area contributed by atoms with Crippen molar-refractivity contribution < 1.29 is 13.2 Å². The van der Waals surface area contributed by atoms with Gasteiger partial charge in [0.05, 0.1) is 28.3 Å². The zero-order valence-electron chi connectivity index (χ0n) is 9.08. The maximum atomic E-state index is 12.6. The first kappa shape index (κ1) is 12.9. The Bertz CT molecular complexity index is 563. The van der Waals surface area contributed by atoms with Crippen LogP contribution in [0.1, 0.15) is 11.3 Å². The molecule has 96 valence electrons. The predicted molar refractivity (Wildman–Crippen MR) is 61.5 cm³/mol. The average Bonchev–Trinajstić information content (AvgIpc) is 2.76. The minimum absolute atomic E-state index is 0.159. The number of imidazole rings is 1. The predicted octanol–water partition coefficient (Wildman–Crippen LogP) is 3.00. The van der Waals surface area contributed by atoms with E-state index in [9.17, 15) is 13.2 Å². The van der Waals surface area contributed by atoms with Crippen molar-refractivity contribution in [3.8, 4) is 5.69 Å². The summed E-state index contributed by atoms with van der Waals surface area (Å²) < 4.78 is 39.3. The summed E-state index contributed by atoms with van der Waals surface area (Å²) in [4.78, 5) is 3.85. The first-order valence-electron chi connectivity index (χ1n) is 5.02. The molecule has 0 amide bonds.